The van der Waals surface area contributed by atoms with E-state index in [9.17, 15) is 0 Å². The molecule has 192 valence electrons. The molecule has 0 unspecified atom stereocenters. The lowest BCUT2D eigenvalue weighted by Crippen LogP contribution is -2.33. The SMILES string of the molecule is Cl.Cl.N[C@H]1CC[C@H](Nc2nc(Nc3ccc(-c4nnn[nH]4)cc3)c3ncn(C4CCCC4)c3n2)CC1. The summed E-state index contributed by atoms with van der Waals surface area (Å²) in [5.74, 6) is 1.97. The lowest BCUT2D eigenvalue weighted by molar-refractivity contribution is 0.410. The van der Waals surface area contributed by atoms with Gasteiger partial charge in [-0.3, -0.25) is 0 Å². The summed E-state index contributed by atoms with van der Waals surface area (Å²) in [6.07, 6.45) is 10.9. The summed E-state index contributed by atoms with van der Waals surface area (Å²) in [4.78, 5) is 14.5. The van der Waals surface area contributed by atoms with Gasteiger partial charge in [-0.15, -0.1) is 29.9 Å². The maximum absolute atomic E-state index is 6.10. The van der Waals surface area contributed by atoms with Crippen LogP contribution in [0.5, 0.6) is 0 Å². The minimum absolute atomic E-state index is 0. The van der Waals surface area contributed by atoms with E-state index in [4.69, 9.17) is 20.7 Å². The van der Waals surface area contributed by atoms with Crippen LogP contribution in [0.15, 0.2) is 30.6 Å². The molecule has 1 aromatic carbocycles. The zero-order chi connectivity index (χ0) is 22.9. The van der Waals surface area contributed by atoms with Crippen molar-refractivity contribution in [2.24, 2.45) is 5.73 Å². The van der Waals surface area contributed by atoms with Crippen LogP contribution < -0.4 is 16.4 Å². The summed E-state index contributed by atoms with van der Waals surface area (Å²) in [5, 5.41) is 21.1. The van der Waals surface area contributed by atoms with Crippen LogP contribution in [0.4, 0.5) is 17.5 Å². The standard InChI is InChI=1S/C23H29N11.2ClH/c24-15-7-11-17(12-8-15)27-23-28-21(19-22(29-23)34(13-25-19)18-3-1-2-4-18)26-16-9-5-14(6-10-16)20-30-32-33-31-20;;/h5-6,9-10,13,15,17-18H,1-4,7-8,11-12,24H2,(H2,26,27,28,29)(H,30,31,32,33);2*1H/t15-,17-;;. The molecule has 4 aromatic rings. The number of fused-ring (bicyclic) bond motifs is 1. The maximum atomic E-state index is 6.10. The first-order chi connectivity index (χ1) is 16.7. The van der Waals surface area contributed by atoms with Crippen molar-refractivity contribution in [2.75, 3.05) is 10.6 Å². The Morgan fingerprint density at radius 3 is 2.39 bits per heavy atom. The fourth-order valence-corrected chi connectivity index (χ4v) is 5.09. The lowest BCUT2D eigenvalue weighted by atomic mass is 9.92. The van der Waals surface area contributed by atoms with Gasteiger partial charge in [0.15, 0.2) is 22.8 Å². The van der Waals surface area contributed by atoms with Crippen LogP contribution in [0.3, 0.4) is 0 Å². The summed E-state index contributed by atoms with van der Waals surface area (Å²) < 4.78 is 2.23. The topological polar surface area (TPSA) is 148 Å². The van der Waals surface area contributed by atoms with Crippen molar-refractivity contribution in [3.63, 3.8) is 0 Å². The van der Waals surface area contributed by atoms with Crippen LogP contribution >= 0.6 is 24.8 Å². The second kappa shape index (κ2) is 11.4. The first kappa shape index (κ1) is 26.1. The monoisotopic (exact) mass is 531 g/mol. The minimum Gasteiger partial charge on any atom is -0.351 e. The van der Waals surface area contributed by atoms with Gasteiger partial charge in [0.2, 0.25) is 5.95 Å². The van der Waals surface area contributed by atoms with E-state index in [0.717, 1.165) is 48.1 Å². The molecule has 0 radical (unpaired) electrons. The highest BCUT2D eigenvalue weighted by Crippen LogP contribution is 2.34. The molecule has 0 spiro atoms. The maximum Gasteiger partial charge on any atom is 0.227 e. The largest absolute Gasteiger partial charge is 0.351 e. The minimum atomic E-state index is 0. The third-order valence-corrected chi connectivity index (χ3v) is 7.01. The number of aromatic amines is 1. The van der Waals surface area contributed by atoms with E-state index in [2.05, 4.69) is 35.8 Å². The Morgan fingerprint density at radius 1 is 0.944 bits per heavy atom. The quantitative estimate of drug-likeness (QED) is 0.284. The predicted octanol–water partition coefficient (Wildman–Crippen LogP) is 4.39. The van der Waals surface area contributed by atoms with Gasteiger partial charge in [0.25, 0.3) is 0 Å². The second-order valence-electron chi connectivity index (χ2n) is 9.37. The Kier molecular flexibility index (Phi) is 8.22. The average Bonchev–Trinajstić information content (AvgIpc) is 3.63. The molecule has 3 heterocycles. The Balaban J connectivity index is 0.00000152. The van der Waals surface area contributed by atoms with Gasteiger partial charge >= 0.3 is 0 Å². The third-order valence-electron chi connectivity index (χ3n) is 7.01. The van der Waals surface area contributed by atoms with Gasteiger partial charge in [0.05, 0.1) is 6.33 Å². The molecule has 5 N–H and O–H groups in total. The van der Waals surface area contributed by atoms with Crippen molar-refractivity contribution in [3.8, 4) is 11.4 Å². The summed E-state index contributed by atoms with van der Waals surface area (Å²) in [6.45, 7) is 0. The predicted molar refractivity (Wildman–Crippen MR) is 144 cm³/mol. The van der Waals surface area contributed by atoms with Crippen LogP contribution in [0, 0.1) is 0 Å². The number of nitrogens with one attached hydrogen (secondary N) is 3. The molecular weight excluding hydrogens is 501 g/mol. The van der Waals surface area contributed by atoms with E-state index >= 15 is 0 Å². The normalized spacial score (nSPS) is 20.0. The van der Waals surface area contributed by atoms with E-state index in [1.54, 1.807) is 0 Å². The molecule has 2 fully saturated rings. The Hall–Kier alpha value is -3.02. The number of imidazole rings is 1. The number of hydrogen-bond acceptors (Lipinski definition) is 9. The lowest BCUT2D eigenvalue weighted by Gasteiger charge is -2.27. The number of benzene rings is 1. The number of anilines is 3. The van der Waals surface area contributed by atoms with Crippen LogP contribution in [0.25, 0.3) is 22.6 Å². The highest BCUT2D eigenvalue weighted by Gasteiger charge is 2.24. The fraction of sp³-hybridized carbons (Fsp3) is 0.478. The van der Waals surface area contributed by atoms with Crippen LogP contribution in [-0.2, 0) is 0 Å². The van der Waals surface area contributed by atoms with E-state index in [1.165, 1.54) is 25.7 Å². The van der Waals surface area contributed by atoms with E-state index < -0.39 is 0 Å². The molecule has 3 aromatic heterocycles. The Bertz CT molecular complexity index is 1250. The molecule has 0 amide bonds. The van der Waals surface area contributed by atoms with Crippen LogP contribution in [0.2, 0.25) is 0 Å². The van der Waals surface area contributed by atoms with E-state index in [-0.39, 0.29) is 24.8 Å². The van der Waals surface area contributed by atoms with Gasteiger partial charge in [-0.2, -0.15) is 9.97 Å². The molecule has 0 atom stereocenters. The van der Waals surface area contributed by atoms with Crippen molar-refractivity contribution in [3.05, 3.63) is 30.6 Å². The highest BCUT2D eigenvalue weighted by atomic mass is 35.5. The Morgan fingerprint density at radius 2 is 1.69 bits per heavy atom. The molecule has 11 nitrogen and oxygen atoms in total. The molecule has 36 heavy (non-hydrogen) atoms. The van der Waals surface area contributed by atoms with Crippen molar-refractivity contribution in [1.82, 2.24) is 40.1 Å². The summed E-state index contributed by atoms with van der Waals surface area (Å²) in [7, 11) is 0. The zero-order valence-corrected chi connectivity index (χ0v) is 21.4. The molecular formula is C23H31Cl2N11. The Labute approximate surface area is 221 Å². The first-order valence-corrected chi connectivity index (χ1v) is 12.1. The van der Waals surface area contributed by atoms with Gasteiger partial charge in [-0.25, -0.2) is 10.1 Å². The summed E-state index contributed by atoms with van der Waals surface area (Å²) >= 11 is 0. The number of rotatable bonds is 6. The first-order valence-electron chi connectivity index (χ1n) is 12.1. The number of hydrogen-bond donors (Lipinski definition) is 4. The molecule has 2 aliphatic carbocycles. The number of aromatic nitrogens is 8. The van der Waals surface area contributed by atoms with Crippen molar-refractivity contribution in [1.29, 1.82) is 0 Å². The summed E-state index contributed by atoms with van der Waals surface area (Å²) in [6, 6.07) is 8.98. The van der Waals surface area contributed by atoms with E-state index in [0.29, 0.717) is 35.7 Å². The number of nitrogens with zero attached hydrogens (tertiary/aromatic N) is 7. The number of H-pyrrole nitrogens is 1. The highest BCUT2D eigenvalue weighted by molar-refractivity contribution is 5.87. The second-order valence-corrected chi connectivity index (χ2v) is 9.37. The zero-order valence-electron chi connectivity index (χ0n) is 19.8. The van der Waals surface area contributed by atoms with Gasteiger partial charge in [0, 0.05) is 29.4 Å². The van der Waals surface area contributed by atoms with Crippen LogP contribution in [-0.4, -0.2) is 52.2 Å². The average molecular weight is 532 g/mol. The number of nitrogens with two attached hydrogens (primary N) is 1. The van der Waals surface area contributed by atoms with Crippen molar-refractivity contribution < 1.29 is 0 Å². The van der Waals surface area contributed by atoms with E-state index in [1.807, 2.05) is 30.6 Å². The van der Waals surface area contributed by atoms with Crippen molar-refractivity contribution >= 4 is 53.4 Å². The number of tetrazole rings is 1. The van der Waals surface area contributed by atoms with Crippen LogP contribution in [0.1, 0.15) is 57.4 Å². The number of halogens is 2. The molecule has 0 saturated heterocycles. The fourth-order valence-electron chi connectivity index (χ4n) is 5.09. The third kappa shape index (κ3) is 5.37. The van der Waals surface area contributed by atoms with Crippen molar-refractivity contribution in [2.45, 2.75) is 69.5 Å². The molecule has 0 aliphatic heterocycles. The molecule has 6 rings (SSSR count). The molecule has 0 bridgehead atoms. The van der Waals surface area contributed by atoms with Gasteiger partial charge in [-0.05, 0) is 73.2 Å². The van der Waals surface area contributed by atoms with Gasteiger partial charge in [0.1, 0.15) is 0 Å². The molecule has 2 saturated carbocycles. The molecule has 13 heteroatoms. The smallest absolute Gasteiger partial charge is 0.227 e. The molecule has 2 aliphatic rings. The van der Waals surface area contributed by atoms with Gasteiger partial charge < -0.3 is 20.9 Å². The van der Waals surface area contributed by atoms with Gasteiger partial charge in [-0.1, -0.05) is 12.8 Å². The summed E-state index contributed by atoms with van der Waals surface area (Å²) in [5.41, 5.74) is 9.57.